The van der Waals surface area contributed by atoms with Crippen LogP contribution >= 0.6 is 11.3 Å². The molecule has 0 radical (unpaired) electrons. The fraction of sp³-hybridized carbons (Fsp3) is 0.349. The van der Waals surface area contributed by atoms with Crippen LogP contribution in [0.25, 0.3) is 21.7 Å². The first kappa shape index (κ1) is 44.4. The van der Waals surface area contributed by atoms with E-state index in [1.54, 1.807) is 68.0 Å². The van der Waals surface area contributed by atoms with Crippen LogP contribution in [0.1, 0.15) is 38.4 Å². The van der Waals surface area contributed by atoms with Crippen molar-refractivity contribution in [1.82, 2.24) is 30.5 Å². The highest BCUT2D eigenvalue weighted by molar-refractivity contribution is 7.13. The second-order valence-corrected chi connectivity index (χ2v) is 16.2. The van der Waals surface area contributed by atoms with Gasteiger partial charge in [-0.05, 0) is 72.0 Å². The predicted molar refractivity (Wildman–Crippen MR) is 222 cm³/mol. The number of rotatable bonds is 16. The number of benzene rings is 3. The zero-order valence-corrected chi connectivity index (χ0v) is 34.7. The number of aliphatic hydroxyl groups is 1. The van der Waals surface area contributed by atoms with Gasteiger partial charge in [0.15, 0.2) is 0 Å². The van der Waals surface area contributed by atoms with Crippen LogP contribution < -0.4 is 25.4 Å². The molecular weight excluding hydrogens is 816 g/mol. The quantitative estimate of drug-likeness (QED) is 0.0806. The number of nitrogens with one attached hydrogen (secondary N) is 3. The lowest BCUT2D eigenvalue weighted by Gasteiger charge is -2.35. The summed E-state index contributed by atoms with van der Waals surface area (Å²) in [5.74, 6) is -0.774. The molecule has 1 aliphatic rings. The number of aliphatic hydroxyl groups excluding tert-OH is 1. The Morgan fingerprint density at radius 3 is 2.26 bits per heavy atom. The number of likely N-dealkylation sites (tertiary alicyclic amines) is 1. The van der Waals surface area contributed by atoms with Gasteiger partial charge in [0.05, 0.1) is 34.5 Å². The first-order valence-electron chi connectivity index (χ1n) is 19.3. The highest BCUT2D eigenvalue weighted by Gasteiger charge is 2.44. The highest BCUT2D eigenvalue weighted by Crippen LogP contribution is 2.30. The molecule has 1 aliphatic heterocycles. The Kier molecular flexibility index (Phi) is 14.2. The fourth-order valence-electron chi connectivity index (χ4n) is 6.56. The number of thiazole rings is 1. The van der Waals surface area contributed by atoms with E-state index in [-0.39, 0.29) is 45.1 Å². The molecule has 3 atom stereocenters. The van der Waals surface area contributed by atoms with Crippen molar-refractivity contribution in [2.45, 2.75) is 65.2 Å². The van der Waals surface area contributed by atoms with Crippen LogP contribution in [0.4, 0.5) is 24.7 Å². The van der Waals surface area contributed by atoms with Crippen LogP contribution in [0.3, 0.4) is 0 Å². The number of aromatic nitrogens is 3. The van der Waals surface area contributed by atoms with Crippen LogP contribution in [0, 0.1) is 12.3 Å². The van der Waals surface area contributed by atoms with Gasteiger partial charge in [0.2, 0.25) is 17.7 Å². The summed E-state index contributed by atoms with van der Waals surface area (Å²) in [4.78, 5) is 55.6. The van der Waals surface area contributed by atoms with Crippen molar-refractivity contribution in [3.8, 4) is 33.2 Å². The molecule has 3 aromatic carbocycles. The van der Waals surface area contributed by atoms with Crippen LogP contribution in [0.5, 0.6) is 11.5 Å². The van der Waals surface area contributed by atoms with Crippen LogP contribution in [0.2, 0.25) is 0 Å². The number of hydrogen-bond donors (Lipinski definition) is 4. The lowest BCUT2D eigenvalue weighted by molar-refractivity contribution is -0.274. The minimum Gasteiger partial charge on any atom is -0.491 e. The zero-order valence-electron chi connectivity index (χ0n) is 33.9. The van der Waals surface area contributed by atoms with E-state index in [9.17, 15) is 32.7 Å². The second kappa shape index (κ2) is 19.5. The summed E-state index contributed by atoms with van der Waals surface area (Å²) >= 11 is 1.56. The standard InChI is InChI=1S/C43H46F3N7O7S/c1-26-38(61-25-50-26)29-7-5-27(6-8-29)21-47-40(56)35-19-31(54)22-53(35)41(57)39(42(2,3)4)52-37(55)23-58-17-18-59-32-13-9-28(10-14-32)34-20-36(49-24-48-34)51-30-11-15-33(16-12-30)60-43(44,45)46/h5-16,20,24-25,31,35,39,54H,17-19,21-23H2,1-4H3,(H,47,56)(H,52,55)(H,48,49,51)/t31-,35+,39+/m1/s1. The Balaban J connectivity index is 0.943. The van der Waals surface area contributed by atoms with Gasteiger partial charge in [-0.2, -0.15) is 0 Å². The maximum absolute atomic E-state index is 13.9. The summed E-state index contributed by atoms with van der Waals surface area (Å²) in [6.45, 7) is 7.41. The first-order chi connectivity index (χ1) is 29.0. The number of alkyl halides is 3. The molecule has 2 aromatic heterocycles. The van der Waals surface area contributed by atoms with Crippen LogP contribution in [-0.2, 0) is 25.7 Å². The third-order valence-corrected chi connectivity index (χ3v) is 10.6. The summed E-state index contributed by atoms with van der Waals surface area (Å²) in [6, 6.07) is 19.9. The van der Waals surface area contributed by atoms with Gasteiger partial charge < -0.3 is 40.2 Å². The van der Waals surface area contributed by atoms with Gasteiger partial charge in [-0.1, -0.05) is 45.0 Å². The largest absolute Gasteiger partial charge is 0.573 e. The molecule has 0 saturated carbocycles. The van der Waals surface area contributed by atoms with Crippen LogP contribution in [-0.4, -0.2) is 93.6 Å². The van der Waals surface area contributed by atoms with Crippen molar-refractivity contribution in [2.75, 3.05) is 31.7 Å². The molecule has 5 aromatic rings. The van der Waals surface area contributed by atoms with Gasteiger partial charge in [0.1, 0.15) is 48.9 Å². The molecule has 1 fully saturated rings. The summed E-state index contributed by atoms with van der Waals surface area (Å²) in [5, 5.41) is 19.2. The summed E-state index contributed by atoms with van der Waals surface area (Å²) in [7, 11) is 0. The lowest BCUT2D eigenvalue weighted by atomic mass is 9.85. The van der Waals surface area contributed by atoms with Gasteiger partial charge in [-0.25, -0.2) is 15.0 Å². The first-order valence-corrected chi connectivity index (χ1v) is 20.2. The molecule has 0 aliphatic carbocycles. The smallest absolute Gasteiger partial charge is 0.491 e. The minimum atomic E-state index is -4.78. The molecule has 18 heteroatoms. The number of halogens is 3. The van der Waals surface area contributed by atoms with E-state index in [0.29, 0.717) is 22.9 Å². The molecule has 6 rings (SSSR count). The molecule has 0 bridgehead atoms. The lowest BCUT2D eigenvalue weighted by Crippen LogP contribution is -2.58. The second-order valence-electron chi connectivity index (χ2n) is 15.4. The molecule has 3 heterocycles. The van der Waals surface area contributed by atoms with Crippen molar-refractivity contribution in [3.63, 3.8) is 0 Å². The molecule has 1 saturated heterocycles. The van der Waals surface area contributed by atoms with Crippen molar-refractivity contribution >= 4 is 40.6 Å². The number of carbonyl (C=O) groups is 3. The average Bonchev–Trinajstić information content (AvgIpc) is 3.84. The summed E-state index contributed by atoms with van der Waals surface area (Å²) in [5.41, 5.74) is 5.76. The van der Waals surface area contributed by atoms with Gasteiger partial charge in [0.25, 0.3) is 0 Å². The molecule has 0 unspecified atom stereocenters. The van der Waals surface area contributed by atoms with E-state index in [1.807, 2.05) is 31.2 Å². The van der Waals surface area contributed by atoms with E-state index in [4.69, 9.17) is 9.47 Å². The molecule has 3 amide bonds. The van der Waals surface area contributed by atoms with Gasteiger partial charge in [-0.15, -0.1) is 24.5 Å². The number of aryl methyl sites for hydroxylation is 1. The fourth-order valence-corrected chi connectivity index (χ4v) is 7.37. The Bertz CT molecular complexity index is 2270. The Hall–Kier alpha value is -6.11. The normalized spacial score (nSPS) is 15.8. The molecule has 4 N–H and O–H groups in total. The summed E-state index contributed by atoms with van der Waals surface area (Å²) < 4.78 is 52.6. The Morgan fingerprint density at radius 2 is 1.61 bits per heavy atom. The van der Waals surface area contributed by atoms with Gasteiger partial charge in [-0.3, -0.25) is 14.4 Å². The van der Waals surface area contributed by atoms with E-state index in [1.165, 1.54) is 35.5 Å². The van der Waals surface area contributed by atoms with E-state index in [0.717, 1.165) is 27.3 Å². The molecule has 0 spiro atoms. The van der Waals surface area contributed by atoms with E-state index >= 15 is 0 Å². The zero-order chi connectivity index (χ0) is 43.7. The summed E-state index contributed by atoms with van der Waals surface area (Å²) in [6.07, 6.45) is -4.24. The number of anilines is 2. The predicted octanol–water partition coefficient (Wildman–Crippen LogP) is 6.42. The Morgan fingerprint density at radius 1 is 0.918 bits per heavy atom. The van der Waals surface area contributed by atoms with E-state index in [2.05, 4.69) is 35.6 Å². The molecular formula is C43H46F3N7O7S. The van der Waals surface area contributed by atoms with Crippen LogP contribution in [0.15, 0.2) is 90.7 Å². The third kappa shape index (κ3) is 12.5. The topological polar surface area (TPSA) is 177 Å². The Labute approximate surface area is 354 Å². The van der Waals surface area contributed by atoms with Gasteiger partial charge >= 0.3 is 6.36 Å². The molecule has 14 nitrogen and oxygen atoms in total. The number of amides is 3. The van der Waals surface area contributed by atoms with Crippen molar-refractivity contribution < 1.29 is 46.9 Å². The van der Waals surface area contributed by atoms with Crippen molar-refractivity contribution in [3.05, 3.63) is 102 Å². The third-order valence-electron chi connectivity index (χ3n) is 9.62. The van der Waals surface area contributed by atoms with Gasteiger partial charge in [0, 0.05) is 36.8 Å². The number of hydrogen-bond acceptors (Lipinski definition) is 12. The van der Waals surface area contributed by atoms with Crippen molar-refractivity contribution in [2.24, 2.45) is 5.41 Å². The number of carbonyl (C=O) groups excluding carboxylic acids is 3. The molecule has 322 valence electrons. The monoisotopic (exact) mass is 861 g/mol. The van der Waals surface area contributed by atoms with E-state index < -0.39 is 47.7 Å². The highest BCUT2D eigenvalue weighted by atomic mass is 32.1. The number of β-amino-alcohol motifs (C(OH)–C–C–N with tert-alkyl or cyclic N) is 1. The van der Waals surface area contributed by atoms with Crippen molar-refractivity contribution in [1.29, 1.82) is 0 Å². The maximum atomic E-state index is 13.9. The SMILES string of the molecule is Cc1ncsc1-c1ccc(CNC(=O)[C@@H]2C[C@@H](O)CN2C(=O)[C@H](NC(=O)COCCOc2ccc(-c3cc(Nc4ccc(OC(F)(F)F)cc4)ncn3)cc2)C(C)(C)C)cc1. The number of nitrogens with zero attached hydrogens (tertiary/aromatic N) is 4. The minimum absolute atomic E-state index is 0.0425. The maximum Gasteiger partial charge on any atom is 0.573 e. The molecule has 61 heavy (non-hydrogen) atoms. The average molecular weight is 862 g/mol. The number of ether oxygens (including phenoxy) is 3.